The highest BCUT2D eigenvalue weighted by atomic mass is 32.2. The van der Waals surface area contributed by atoms with Crippen LogP contribution in [0.5, 0.6) is 0 Å². The highest BCUT2D eigenvalue weighted by Gasteiger charge is 2.37. The molecule has 1 aromatic rings. The number of nitrogens with zero attached hydrogens (tertiary/aromatic N) is 1. The first-order valence-electron chi connectivity index (χ1n) is 7.34. The maximum atomic E-state index is 12.7. The fourth-order valence-corrected chi connectivity index (χ4v) is 4.18. The quantitative estimate of drug-likeness (QED) is 0.746. The van der Waals surface area contributed by atoms with E-state index in [-0.39, 0.29) is 6.04 Å². The highest BCUT2D eigenvalue weighted by molar-refractivity contribution is 7.89. The van der Waals surface area contributed by atoms with Crippen molar-refractivity contribution in [2.24, 2.45) is 5.73 Å². The molecule has 0 radical (unpaired) electrons. The molecule has 6 heteroatoms. The topological polar surface area (TPSA) is 63.4 Å². The van der Waals surface area contributed by atoms with Crippen molar-refractivity contribution in [3.63, 3.8) is 0 Å². The molecular formula is C15H22N2O2S2. The standard InChI is InChI=1S/C15H22N2O2S2/c1-2-3-10-17(13-6-7-13)21(18,19)14-8-4-12(5-9-14)11-15(16)20/h4-5,8-9,13H,2-3,6-7,10-11H2,1H3,(H2,16,20). The van der Waals surface area contributed by atoms with Crippen LogP contribution in [0.1, 0.15) is 38.2 Å². The van der Waals surface area contributed by atoms with Crippen LogP contribution in [0.4, 0.5) is 0 Å². The molecule has 0 aliphatic heterocycles. The summed E-state index contributed by atoms with van der Waals surface area (Å²) >= 11 is 4.87. The molecular weight excluding hydrogens is 304 g/mol. The van der Waals surface area contributed by atoms with Gasteiger partial charge in [0, 0.05) is 19.0 Å². The lowest BCUT2D eigenvalue weighted by Gasteiger charge is -2.21. The Morgan fingerprint density at radius 3 is 2.43 bits per heavy atom. The molecule has 21 heavy (non-hydrogen) atoms. The van der Waals surface area contributed by atoms with Gasteiger partial charge in [-0.15, -0.1) is 0 Å². The summed E-state index contributed by atoms with van der Waals surface area (Å²) in [5.41, 5.74) is 6.44. The molecule has 116 valence electrons. The van der Waals surface area contributed by atoms with E-state index in [1.54, 1.807) is 28.6 Å². The van der Waals surface area contributed by atoms with Gasteiger partial charge in [0.05, 0.1) is 9.88 Å². The van der Waals surface area contributed by atoms with E-state index < -0.39 is 10.0 Å². The molecule has 0 amide bonds. The van der Waals surface area contributed by atoms with Gasteiger partial charge in [0.2, 0.25) is 10.0 Å². The minimum atomic E-state index is -3.39. The number of rotatable bonds is 8. The van der Waals surface area contributed by atoms with Crippen molar-refractivity contribution in [3.05, 3.63) is 29.8 Å². The van der Waals surface area contributed by atoms with Crippen LogP contribution in [0.3, 0.4) is 0 Å². The third kappa shape index (κ3) is 4.25. The number of hydrogen-bond acceptors (Lipinski definition) is 3. The number of sulfonamides is 1. The molecule has 2 N–H and O–H groups in total. The summed E-state index contributed by atoms with van der Waals surface area (Å²) in [4.78, 5) is 0.769. The molecule has 1 fully saturated rings. The normalized spacial score (nSPS) is 15.3. The third-order valence-electron chi connectivity index (χ3n) is 3.59. The van der Waals surface area contributed by atoms with Crippen LogP contribution in [-0.4, -0.2) is 30.3 Å². The second-order valence-electron chi connectivity index (χ2n) is 5.49. The predicted molar refractivity (Wildman–Crippen MR) is 88.8 cm³/mol. The lowest BCUT2D eigenvalue weighted by molar-refractivity contribution is 0.395. The highest BCUT2D eigenvalue weighted by Crippen LogP contribution is 2.32. The molecule has 0 aromatic heterocycles. The van der Waals surface area contributed by atoms with E-state index in [1.807, 2.05) is 0 Å². The molecule has 1 aliphatic carbocycles. The van der Waals surface area contributed by atoms with E-state index in [0.717, 1.165) is 31.2 Å². The average Bonchev–Trinajstić information content (AvgIpc) is 3.23. The van der Waals surface area contributed by atoms with Crippen LogP contribution >= 0.6 is 12.2 Å². The molecule has 0 bridgehead atoms. The maximum Gasteiger partial charge on any atom is 0.243 e. The largest absolute Gasteiger partial charge is 0.393 e. The minimum absolute atomic E-state index is 0.192. The van der Waals surface area contributed by atoms with E-state index in [0.29, 0.717) is 22.8 Å². The van der Waals surface area contributed by atoms with Gasteiger partial charge < -0.3 is 5.73 Å². The smallest absolute Gasteiger partial charge is 0.243 e. The Balaban J connectivity index is 2.18. The monoisotopic (exact) mass is 326 g/mol. The Hall–Kier alpha value is -0.980. The fourth-order valence-electron chi connectivity index (χ4n) is 2.29. The zero-order valence-electron chi connectivity index (χ0n) is 12.3. The molecule has 2 rings (SSSR count). The first-order valence-corrected chi connectivity index (χ1v) is 9.19. The SMILES string of the molecule is CCCCN(C1CC1)S(=O)(=O)c1ccc(CC(N)=S)cc1. The summed E-state index contributed by atoms with van der Waals surface area (Å²) in [5, 5.41) is 0. The van der Waals surface area contributed by atoms with Crippen LogP contribution in [0.25, 0.3) is 0 Å². The predicted octanol–water partition coefficient (Wildman–Crippen LogP) is 2.47. The van der Waals surface area contributed by atoms with Crippen LogP contribution in [0.2, 0.25) is 0 Å². The Morgan fingerprint density at radius 2 is 1.95 bits per heavy atom. The van der Waals surface area contributed by atoms with Crippen molar-refractivity contribution in [3.8, 4) is 0 Å². The third-order valence-corrected chi connectivity index (χ3v) is 5.70. The Bertz CT molecular complexity index is 593. The summed E-state index contributed by atoms with van der Waals surface area (Å²) in [6, 6.07) is 7.08. The van der Waals surface area contributed by atoms with Crippen molar-refractivity contribution in [2.45, 2.75) is 50.0 Å². The summed E-state index contributed by atoms with van der Waals surface area (Å²) in [6.07, 6.45) is 4.34. The first-order chi connectivity index (χ1) is 9.95. The van der Waals surface area contributed by atoms with Crippen LogP contribution in [0.15, 0.2) is 29.2 Å². The second-order valence-corrected chi connectivity index (χ2v) is 7.90. The Morgan fingerprint density at radius 1 is 1.33 bits per heavy atom. The van der Waals surface area contributed by atoms with Gasteiger partial charge in [0.25, 0.3) is 0 Å². The lowest BCUT2D eigenvalue weighted by Crippen LogP contribution is -2.34. The summed E-state index contributed by atoms with van der Waals surface area (Å²) in [6.45, 7) is 2.68. The number of unbranched alkanes of at least 4 members (excludes halogenated alkanes) is 1. The molecule has 1 aliphatic rings. The molecule has 0 saturated heterocycles. The van der Waals surface area contributed by atoms with Crippen LogP contribution < -0.4 is 5.73 Å². The van der Waals surface area contributed by atoms with E-state index in [2.05, 4.69) is 6.92 Å². The first kappa shape index (κ1) is 16.4. The van der Waals surface area contributed by atoms with Gasteiger partial charge >= 0.3 is 0 Å². The minimum Gasteiger partial charge on any atom is -0.393 e. The molecule has 0 spiro atoms. The van der Waals surface area contributed by atoms with E-state index >= 15 is 0 Å². The summed E-state index contributed by atoms with van der Waals surface area (Å²) < 4.78 is 27.1. The number of thiocarbonyl (C=S) groups is 1. The van der Waals surface area contributed by atoms with Crippen LogP contribution in [-0.2, 0) is 16.4 Å². The van der Waals surface area contributed by atoms with Crippen molar-refractivity contribution >= 4 is 27.2 Å². The fraction of sp³-hybridized carbons (Fsp3) is 0.533. The lowest BCUT2D eigenvalue weighted by atomic mass is 10.1. The number of hydrogen-bond donors (Lipinski definition) is 1. The van der Waals surface area contributed by atoms with Gasteiger partial charge in [-0.2, -0.15) is 4.31 Å². The van der Waals surface area contributed by atoms with Gasteiger partial charge in [0.15, 0.2) is 0 Å². The van der Waals surface area contributed by atoms with Gasteiger partial charge in [-0.3, -0.25) is 0 Å². The van der Waals surface area contributed by atoms with Gasteiger partial charge in [-0.1, -0.05) is 37.7 Å². The Kier molecular flexibility index (Phi) is 5.35. The van der Waals surface area contributed by atoms with Gasteiger partial charge in [0.1, 0.15) is 0 Å². The zero-order chi connectivity index (χ0) is 15.5. The van der Waals surface area contributed by atoms with Crippen LogP contribution in [0, 0.1) is 0 Å². The molecule has 0 unspecified atom stereocenters. The zero-order valence-corrected chi connectivity index (χ0v) is 13.9. The Labute approximate surface area is 132 Å². The summed E-state index contributed by atoms with van der Waals surface area (Å²) in [5.74, 6) is 0. The van der Waals surface area contributed by atoms with E-state index in [4.69, 9.17) is 18.0 Å². The average molecular weight is 326 g/mol. The molecule has 1 aromatic carbocycles. The van der Waals surface area contributed by atoms with E-state index in [1.165, 1.54) is 0 Å². The van der Waals surface area contributed by atoms with Crippen molar-refractivity contribution in [1.82, 2.24) is 4.31 Å². The molecule has 1 saturated carbocycles. The van der Waals surface area contributed by atoms with E-state index in [9.17, 15) is 8.42 Å². The van der Waals surface area contributed by atoms with Crippen molar-refractivity contribution < 1.29 is 8.42 Å². The van der Waals surface area contributed by atoms with Crippen molar-refractivity contribution in [2.75, 3.05) is 6.54 Å². The number of benzene rings is 1. The van der Waals surface area contributed by atoms with Gasteiger partial charge in [-0.05, 0) is 37.0 Å². The summed E-state index contributed by atoms with van der Waals surface area (Å²) in [7, 11) is -3.39. The van der Waals surface area contributed by atoms with Gasteiger partial charge in [-0.25, -0.2) is 8.42 Å². The molecule has 4 nitrogen and oxygen atoms in total. The molecule has 0 atom stereocenters. The number of nitrogens with two attached hydrogens (primary N) is 1. The van der Waals surface area contributed by atoms with Crippen molar-refractivity contribution in [1.29, 1.82) is 0 Å². The maximum absolute atomic E-state index is 12.7. The second kappa shape index (κ2) is 6.85. The molecule has 0 heterocycles.